The molecule has 21 heavy (non-hydrogen) atoms. The quantitative estimate of drug-likeness (QED) is 0.387. The molecule has 0 saturated heterocycles. The normalized spacial score (nSPS) is 12.3. The molecule has 0 aliphatic heterocycles. The lowest BCUT2D eigenvalue weighted by Gasteiger charge is -2.12. The van der Waals surface area contributed by atoms with Gasteiger partial charge < -0.3 is 15.5 Å². The van der Waals surface area contributed by atoms with Crippen molar-refractivity contribution in [2.45, 2.75) is 70.8 Å². The summed E-state index contributed by atoms with van der Waals surface area (Å²) in [5, 5.41) is 22.3. The third-order valence-electron chi connectivity index (χ3n) is 3.80. The number of nitrogens with one attached hydrogen (secondary N) is 1. The van der Waals surface area contributed by atoms with Gasteiger partial charge in [-0.05, 0) is 30.7 Å². The van der Waals surface area contributed by atoms with E-state index in [-0.39, 0.29) is 11.9 Å². The van der Waals surface area contributed by atoms with Crippen LogP contribution >= 0.6 is 0 Å². The van der Waals surface area contributed by atoms with Crippen LogP contribution in [-0.4, -0.2) is 22.9 Å². The first kappa shape index (κ1) is 17.8. The molecule has 1 aromatic carbocycles. The third kappa shape index (κ3) is 9.35. The lowest BCUT2D eigenvalue weighted by molar-refractivity contribution is 0.173. The largest absolute Gasteiger partial charge is 0.508 e. The summed E-state index contributed by atoms with van der Waals surface area (Å²) < 4.78 is 0. The molecular weight excluding hydrogens is 262 g/mol. The molecule has 3 N–H and O–H groups in total. The number of aromatic hydroxyl groups is 1. The molecule has 0 aliphatic rings. The van der Waals surface area contributed by atoms with E-state index < -0.39 is 0 Å². The van der Waals surface area contributed by atoms with E-state index in [2.05, 4.69) is 12.2 Å². The van der Waals surface area contributed by atoms with Crippen LogP contribution in [0.3, 0.4) is 0 Å². The Morgan fingerprint density at radius 1 is 0.905 bits per heavy atom. The summed E-state index contributed by atoms with van der Waals surface area (Å²) >= 11 is 0. The van der Waals surface area contributed by atoms with E-state index in [4.69, 9.17) is 0 Å². The SMILES string of the molecule is CCCCCCCCCCC(O)CNc1ccc(O)cc1. The lowest BCUT2D eigenvalue weighted by atomic mass is 10.1. The van der Waals surface area contributed by atoms with E-state index >= 15 is 0 Å². The van der Waals surface area contributed by atoms with E-state index in [0.29, 0.717) is 6.54 Å². The Balaban J connectivity index is 1.96. The second-order valence-electron chi connectivity index (χ2n) is 5.85. The summed E-state index contributed by atoms with van der Waals surface area (Å²) in [6, 6.07) is 6.93. The van der Waals surface area contributed by atoms with E-state index in [9.17, 15) is 10.2 Å². The van der Waals surface area contributed by atoms with Crippen LogP contribution in [0.4, 0.5) is 5.69 Å². The van der Waals surface area contributed by atoms with Crippen molar-refractivity contribution in [2.75, 3.05) is 11.9 Å². The van der Waals surface area contributed by atoms with Gasteiger partial charge >= 0.3 is 0 Å². The number of benzene rings is 1. The second kappa shape index (κ2) is 11.4. The van der Waals surface area contributed by atoms with Gasteiger partial charge in [-0.1, -0.05) is 58.3 Å². The molecule has 1 aromatic rings. The molecular formula is C18H31NO2. The minimum atomic E-state index is -0.293. The van der Waals surface area contributed by atoms with Gasteiger partial charge in [-0.25, -0.2) is 0 Å². The molecule has 3 nitrogen and oxygen atoms in total. The summed E-state index contributed by atoms with van der Waals surface area (Å²) in [6.07, 6.45) is 10.9. The zero-order valence-corrected chi connectivity index (χ0v) is 13.4. The average Bonchev–Trinajstić information content (AvgIpc) is 2.49. The molecule has 0 heterocycles. The summed E-state index contributed by atoms with van der Waals surface area (Å²) in [6.45, 7) is 2.81. The highest BCUT2D eigenvalue weighted by atomic mass is 16.3. The predicted molar refractivity (Wildman–Crippen MR) is 89.8 cm³/mol. The molecule has 0 bridgehead atoms. The average molecular weight is 293 g/mol. The summed E-state index contributed by atoms with van der Waals surface area (Å²) in [5.41, 5.74) is 0.933. The summed E-state index contributed by atoms with van der Waals surface area (Å²) in [5.74, 6) is 0.264. The van der Waals surface area contributed by atoms with E-state index in [0.717, 1.165) is 18.5 Å². The Labute approximate surface area is 129 Å². The fourth-order valence-electron chi connectivity index (χ4n) is 2.43. The van der Waals surface area contributed by atoms with Gasteiger partial charge in [-0.3, -0.25) is 0 Å². The highest BCUT2D eigenvalue weighted by Crippen LogP contribution is 2.14. The Bertz CT molecular complexity index is 351. The van der Waals surface area contributed by atoms with Gasteiger partial charge in [0.2, 0.25) is 0 Å². The van der Waals surface area contributed by atoms with Gasteiger partial charge in [-0.15, -0.1) is 0 Å². The number of aliphatic hydroxyl groups is 1. The number of phenolic OH excluding ortho intramolecular Hbond substituents is 1. The van der Waals surface area contributed by atoms with E-state index in [1.54, 1.807) is 12.1 Å². The number of hydrogen-bond acceptors (Lipinski definition) is 3. The Hall–Kier alpha value is -1.22. The molecule has 0 saturated carbocycles. The second-order valence-corrected chi connectivity index (χ2v) is 5.85. The van der Waals surface area contributed by atoms with Crippen molar-refractivity contribution < 1.29 is 10.2 Å². The van der Waals surface area contributed by atoms with Gasteiger partial charge in [-0.2, -0.15) is 0 Å². The van der Waals surface area contributed by atoms with Gasteiger partial charge in [0, 0.05) is 12.2 Å². The van der Waals surface area contributed by atoms with E-state index in [1.807, 2.05) is 12.1 Å². The maximum atomic E-state index is 9.93. The smallest absolute Gasteiger partial charge is 0.115 e. The van der Waals surface area contributed by atoms with Gasteiger partial charge in [0.05, 0.1) is 6.10 Å². The number of rotatable bonds is 12. The van der Waals surface area contributed by atoms with Gasteiger partial charge in [0.1, 0.15) is 5.75 Å². The van der Waals surface area contributed by atoms with Crippen molar-refractivity contribution >= 4 is 5.69 Å². The number of aliphatic hydroxyl groups excluding tert-OH is 1. The number of phenols is 1. The van der Waals surface area contributed by atoms with Crippen molar-refractivity contribution in [1.82, 2.24) is 0 Å². The van der Waals surface area contributed by atoms with Crippen LogP contribution in [0, 0.1) is 0 Å². The molecule has 0 aromatic heterocycles. The topological polar surface area (TPSA) is 52.5 Å². The highest BCUT2D eigenvalue weighted by molar-refractivity contribution is 5.45. The zero-order chi connectivity index (χ0) is 15.3. The fraction of sp³-hybridized carbons (Fsp3) is 0.667. The van der Waals surface area contributed by atoms with Crippen molar-refractivity contribution in [3.8, 4) is 5.75 Å². The zero-order valence-electron chi connectivity index (χ0n) is 13.4. The molecule has 0 radical (unpaired) electrons. The lowest BCUT2D eigenvalue weighted by Crippen LogP contribution is -2.19. The summed E-state index contributed by atoms with van der Waals surface area (Å²) in [4.78, 5) is 0. The Morgan fingerprint density at radius 3 is 2.10 bits per heavy atom. The summed E-state index contributed by atoms with van der Waals surface area (Å²) in [7, 11) is 0. The first-order valence-electron chi connectivity index (χ1n) is 8.43. The molecule has 1 atom stereocenters. The van der Waals surface area contributed by atoms with Crippen molar-refractivity contribution in [2.24, 2.45) is 0 Å². The Morgan fingerprint density at radius 2 is 1.48 bits per heavy atom. The highest BCUT2D eigenvalue weighted by Gasteiger charge is 2.03. The molecule has 120 valence electrons. The molecule has 1 rings (SSSR count). The van der Waals surface area contributed by atoms with E-state index in [1.165, 1.54) is 44.9 Å². The molecule has 0 amide bonds. The first-order chi connectivity index (χ1) is 10.2. The molecule has 3 heteroatoms. The van der Waals surface area contributed by atoms with Crippen molar-refractivity contribution in [1.29, 1.82) is 0 Å². The van der Waals surface area contributed by atoms with Crippen molar-refractivity contribution in [3.63, 3.8) is 0 Å². The van der Waals surface area contributed by atoms with Crippen LogP contribution in [0.5, 0.6) is 5.75 Å². The standard InChI is InChI=1S/C18H31NO2/c1-2-3-4-5-6-7-8-9-10-18(21)15-19-16-11-13-17(20)14-12-16/h11-14,18-21H,2-10,15H2,1H3. The number of hydrogen-bond donors (Lipinski definition) is 3. The first-order valence-corrected chi connectivity index (χ1v) is 8.43. The molecule has 0 fully saturated rings. The van der Waals surface area contributed by atoms with Crippen molar-refractivity contribution in [3.05, 3.63) is 24.3 Å². The van der Waals surface area contributed by atoms with Crippen LogP contribution in [0.15, 0.2) is 24.3 Å². The maximum Gasteiger partial charge on any atom is 0.115 e. The molecule has 0 spiro atoms. The van der Waals surface area contributed by atoms with Gasteiger partial charge in [0.15, 0.2) is 0 Å². The number of unbranched alkanes of at least 4 members (excludes halogenated alkanes) is 7. The molecule has 1 unspecified atom stereocenters. The van der Waals surface area contributed by atoms with Crippen LogP contribution in [0.1, 0.15) is 64.7 Å². The monoisotopic (exact) mass is 293 g/mol. The Kier molecular flexibility index (Phi) is 9.71. The fourth-order valence-corrected chi connectivity index (χ4v) is 2.43. The minimum Gasteiger partial charge on any atom is -0.508 e. The van der Waals surface area contributed by atoms with Crippen LogP contribution < -0.4 is 5.32 Å². The predicted octanol–water partition coefficient (Wildman–Crippen LogP) is 4.70. The maximum absolute atomic E-state index is 9.93. The van der Waals surface area contributed by atoms with Gasteiger partial charge in [0.25, 0.3) is 0 Å². The molecule has 0 aliphatic carbocycles. The third-order valence-corrected chi connectivity index (χ3v) is 3.80. The number of anilines is 1. The van der Waals surface area contributed by atoms with Crippen LogP contribution in [-0.2, 0) is 0 Å². The van der Waals surface area contributed by atoms with Crippen LogP contribution in [0.2, 0.25) is 0 Å². The van der Waals surface area contributed by atoms with Crippen LogP contribution in [0.25, 0.3) is 0 Å². The minimum absolute atomic E-state index is 0.264.